The predicted molar refractivity (Wildman–Crippen MR) is 88.5 cm³/mol. The van der Waals surface area contributed by atoms with Crippen LogP contribution in [0.5, 0.6) is 5.75 Å². The van der Waals surface area contributed by atoms with Crippen LogP contribution in [-0.4, -0.2) is 13.2 Å². The van der Waals surface area contributed by atoms with E-state index in [0.29, 0.717) is 6.61 Å². The normalized spacial score (nSPS) is 10.3. The highest BCUT2D eigenvalue weighted by molar-refractivity contribution is 9.10. The molecular formula is C16H19BrN2O. The van der Waals surface area contributed by atoms with Crippen LogP contribution < -0.4 is 15.8 Å². The van der Waals surface area contributed by atoms with Crippen LogP contribution in [0.1, 0.15) is 11.1 Å². The van der Waals surface area contributed by atoms with Gasteiger partial charge in [0.25, 0.3) is 0 Å². The molecule has 0 unspecified atom stereocenters. The third-order valence-corrected chi connectivity index (χ3v) is 3.69. The van der Waals surface area contributed by atoms with Gasteiger partial charge < -0.3 is 15.8 Å². The van der Waals surface area contributed by atoms with Crippen molar-refractivity contribution in [3.05, 3.63) is 52.0 Å². The van der Waals surface area contributed by atoms with E-state index in [2.05, 4.69) is 34.2 Å². The van der Waals surface area contributed by atoms with Gasteiger partial charge in [-0.3, -0.25) is 0 Å². The van der Waals surface area contributed by atoms with E-state index < -0.39 is 0 Å². The summed E-state index contributed by atoms with van der Waals surface area (Å²) in [6.07, 6.45) is 0. The molecule has 0 saturated heterocycles. The van der Waals surface area contributed by atoms with E-state index in [1.807, 2.05) is 37.3 Å². The lowest BCUT2D eigenvalue weighted by Crippen LogP contribution is -2.12. The van der Waals surface area contributed by atoms with Gasteiger partial charge >= 0.3 is 0 Å². The minimum absolute atomic E-state index is 0.610. The van der Waals surface area contributed by atoms with Gasteiger partial charge in [-0.05, 0) is 65.2 Å². The van der Waals surface area contributed by atoms with Crippen molar-refractivity contribution in [1.82, 2.24) is 0 Å². The lowest BCUT2D eigenvalue weighted by atomic mass is 10.2. The quantitative estimate of drug-likeness (QED) is 0.638. The second-order valence-corrected chi connectivity index (χ2v) is 5.63. The van der Waals surface area contributed by atoms with Gasteiger partial charge in [-0.2, -0.15) is 0 Å². The lowest BCUT2D eigenvalue weighted by molar-refractivity contribution is 0.332. The van der Waals surface area contributed by atoms with Crippen LogP contribution in [0, 0.1) is 13.8 Å². The fourth-order valence-corrected chi connectivity index (χ4v) is 2.39. The molecule has 3 nitrogen and oxygen atoms in total. The molecule has 0 saturated carbocycles. The number of ether oxygens (including phenoxy) is 1. The molecule has 0 aliphatic carbocycles. The predicted octanol–water partition coefficient (Wildman–Crippen LogP) is 4.14. The molecule has 2 rings (SSSR count). The van der Waals surface area contributed by atoms with Gasteiger partial charge in [0, 0.05) is 22.4 Å². The second-order valence-electron chi connectivity index (χ2n) is 4.78. The summed E-state index contributed by atoms with van der Waals surface area (Å²) >= 11 is 3.50. The van der Waals surface area contributed by atoms with Crippen LogP contribution in [0.25, 0.3) is 0 Å². The van der Waals surface area contributed by atoms with E-state index in [4.69, 9.17) is 10.5 Å². The van der Waals surface area contributed by atoms with Crippen molar-refractivity contribution < 1.29 is 4.74 Å². The molecule has 0 amide bonds. The minimum Gasteiger partial charge on any atom is -0.492 e. The summed E-state index contributed by atoms with van der Waals surface area (Å²) in [6.45, 7) is 5.39. The molecule has 0 heterocycles. The number of nitrogens with two attached hydrogens (primary N) is 1. The molecule has 3 N–H and O–H groups in total. The maximum atomic E-state index is 5.85. The highest BCUT2D eigenvalue weighted by atomic mass is 79.9. The molecule has 0 aliphatic rings. The molecule has 2 aromatic rings. The largest absolute Gasteiger partial charge is 0.492 e. The van der Waals surface area contributed by atoms with E-state index in [1.54, 1.807) is 0 Å². The van der Waals surface area contributed by atoms with E-state index in [0.717, 1.165) is 33.7 Å². The number of nitrogen functional groups attached to an aromatic ring is 1. The van der Waals surface area contributed by atoms with Crippen molar-refractivity contribution in [2.75, 3.05) is 24.2 Å². The first-order valence-corrected chi connectivity index (χ1v) is 7.34. The van der Waals surface area contributed by atoms with E-state index in [-0.39, 0.29) is 0 Å². The fraction of sp³-hybridized carbons (Fsp3) is 0.250. The van der Waals surface area contributed by atoms with E-state index in [1.165, 1.54) is 5.56 Å². The maximum absolute atomic E-state index is 5.85. The van der Waals surface area contributed by atoms with E-state index in [9.17, 15) is 0 Å². The molecule has 2 aromatic carbocycles. The molecular weight excluding hydrogens is 316 g/mol. The van der Waals surface area contributed by atoms with Gasteiger partial charge in [-0.15, -0.1) is 0 Å². The van der Waals surface area contributed by atoms with Crippen LogP contribution >= 0.6 is 15.9 Å². The van der Waals surface area contributed by atoms with Gasteiger partial charge in [0.2, 0.25) is 0 Å². The third-order valence-electron chi connectivity index (χ3n) is 3.03. The van der Waals surface area contributed by atoms with Gasteiger partial charge in [-0.1, -0.05) is 12.1 Å². The van der Waals surface area contributed by atoms with Crippen LogP contribution in [0.3, 0.4) is 0 Å². The smallest absolute Gasteiger partial charge is 0.119 e. The van der Waals surface area contributed by atoms with Crippen molar-refractivity contribution in [2.45, 2.75) is 13.8 Å². The Hall–Kier alpha value is -1.68. The molecule has 0 aromatic heterocycles. The first-order valence-electron chi connectivity index (χ1n) is 6.55. The molecule has 0 spiro atoms. The number of nitrogens with one attached hydrogen (secondary N) is 1. The molecule has 0 radical (unpaired) electrons. The Morgan fingerprint density at radius 2 is 2.00 bits per heavy atom. The van der Waals surface area contributed by atoms with Crippen LogP contribution in [0.2, 0.25) is 0 Å². The lowest BCUT2D eigenvalue weighted by Gasteiger charge is -2.12. The zero-order valence-electron chi connectivity index (χ0n) is 11.7. The summed E-state index contributed by atoms with van der Waals surface area (Å²) in [4.78, 5) is 0. The number of rotatable bonds is 5. The number of aryl methyl sites for hydroxylation is 2. The molecule has 0 atom stereocenters. The Balaban J connectivity index is 1.86. The number of halogens is 1. The topological polar surface area (TPSA) is 47.3 Å². The number of hydrogen-bond donors (Lipinski definition) is 2. The maximum Gasteiger partial charge on any atom is 0.119 e. The highest BCUT2D eigenvalue weighted by Crippen LogP contribution is 2.27. The van der Waals surface area contributed by atoms with Crippen LogP contribution in [0.15, 0.2) is 40.9 Å². The van der Waals surface area contributed by atoms with Crippen molar-refractivity contribution in [2.24, 2.45) is 0 Å². The molecule has 0 aliphatic heterocycles. The summed E-state index contributed by atoms with van der Waals surface area (Å²) in [5.74, 6) is 0.902. The van der Waals surface area contributed by atoms with Gasteiger partial charge in [0.15, 0.2) is 0 Å². The Kier molecular flexibility index (Phi) is 4.90. The van der Waals surface area contributed by atoms with E-state index >= 15 is 0 Å². The van der Waals surface area contributed by atoms with Crippen molar-refractivity contribution in [3.63, 3.8) is 0 Å². The molecule has 0 bridgehead atoms. The Labute approximate surface area is 128 Å². The van der Waals surface area contributed by atoms with Crippen molar-refractivity contribution >= 4 is 27.3 Å². The summed E-state index contributed by atoms with van der Waals surface area (Å²) in [5, 5.41) is 3.34. The fourth-order valence-electron chi connectivity index (χ4n) is 1.89. The van der Waals surface area contributed by atoms with Gasteiger partial charge in [-0.25, -0.2) is 0 Å². The standard InChI is InChI=1S/C16H19BrN2O/c1-11-4-3-5-13(8-11)20-7-6-19-16-9-12(2)15(18)10-14(16)17/h3-5,8-10,19H,6-7,18H2,1-2H3. The van der Waals surface area contributed by atoms with Crippen molar-refractivity contribution in [1.29, 1.82) is 0 Å². The summed E-state index contributed by atoms with van der Waals surface area (Å²) in [6, 6.07) is 12.0. The van der Waals surface area contributed by atoms with Gasteiger partial charge in [0.1, 0.15) is 12.4 Å². The third kappa shape index (κ3) is 3.90. The molecule has 106 valence electrons. The first kappa shape index (κ1) is 14.7. The highest BCUT2D eigenvalue weighted by Gasteiger charge is 2.03. The monoisotopic (exact) mass is 334 g/mol. The summed E-state index contributed by atoms with van der Waals surface area (Å²) in [7, 11) is 0. The second kappa shape index (κ2) is 6.66. The minimum atomic E-state index is 0.610. The average Bonchev–Trinajstić information content (AvgIpc) is 2.40. The summed E-state index contributed by atoms with van der Waals surface area (Å²) < 4.78 is 6.67. The SMILES string of the molecule is Cc1cccc(OCCNc2cc(C)c(N)cc2Br)c1. The number of anilines is 2. The Morgan fingerprint density at radius 3 is 2.75 bits per heavy atom. The number of benzene rings is 2. The Bertz CT molecular complexity index is 599. The first-order chi connectivity index (χ1) is 9.56. The number of hydrogen-bond acceptors (Lipinski definition) is 3. The molecule has 0 fully saturated rings. The average molecular weight is 335 g/mol. The van der Waals surface area contributed by atoms with Crippen LogP contribution in [-0.2, 0) is 0 Å². The molecule has 20 heavy (non-hydrogen) atoms. The van der Waals surface area contributed by atoms with Gasteiger partial charge in [0.05, 0.1) is 0 Å². The zero-order valence-corrected chi connectivity index (χ0v) is 13.3. The summed E-state index contributed by atoms with van der Waals surface area (Å²) in [5.41, 5.74) is 9.94. The molecule has 4 heteroatoms. The zero-order chi connectivity index (χ0) is 14.5. The Morgan fingerprint density at radius 1 is 1.20 bits per heavy atom. The van der Waals surface area contributed by atoms with Crippen LogP contribution in [0.4, 0.5) is 11.4 Å². The van der Waals surface area contributed by atoms with Crippen molar-refractivity contribution in [3.8, 4) is 5.75 Å².